The van der Waals surface area contributed by atoms with Crippen LogP contribution in [0, 0.1) is 34.1 Å². The van der Waals surface area contributed by atoms with Crippen molar-refractivity contribution >= 4 is 5.69 Å². The fourth-order valence-corrected chi connectivity index (χ4v) is 1.15. The Kier molecular flexibility index (Phi) is 3.34. The lowest BCUT2D eigenvalue weighted by atomic mass is 10.1. The quantitative estimate of drug-likeness (QED) is 0.437. The van der Waals surface area contributed by atoms with Crippen LogP contribution in [0.5, 0.6) is 0 Å². The number of terminal acetylenes is 1. The van der Waals surface area contributed by atoms with Crippen LogP contribution >= 0.6 is 0 Å². The number of nitrogens with zero attached hydrogens (tertiary/aromatic N) is 1. The zero-order valence-electron chi connectivity index (χ0n) is 7.67. The molecule has 0 amide bonds. The van der Waals surface area contributed by atoms with Crippen LogP contribution in [0.3, 0.4) is 0 Å². The standard InChI is InChI=1S/C10H7F2NO2/c1-2-3-4-7-5-8(11)9(12)6-10(7)13(14)15/h1,5-6H,3-4H2. The lowest BCUT2D eigenvalue weighted by Crippen LogP contribution is -1.98. The summed E-state index contributed by atoms with van der Waals surface area (Å²) in [4.78, 5) is 9.76. The lowest BCUT2D eigenvalue weighted by molar-refractivity contribution is -0.385. The average molecular weight is 211 g/mol. The van der Waals surface area contributed by atoms with Crippen molar-refractivity contribution in [2.24, 2.45) is 0 Å². The molecule has 15 heavy (non-hydrogen) atoms. The summed E-state index contributed by atoms with van der Waals surface area (Å²) in [6.45, 7) is 0. The van der Waals surface area contributed by atoms with E-state index in [-0.39, 0.29) is 18.4 Å². The van der Waals surface area contributed by atoms with E-state index in [0.29, 0.717) is 6.07 Å². The smallest absolute Gasteiger partial charge is 0.258 e. The van der Waals surface area contributed by atoms with E-state index in [4.69, 9.17) is 6.42 Å². The average Bonchev–Trinajstić information content (AvgIpc) is 2.19. The third-order valence-electron chi connectivity index (χ3n) is 1.86. The van der Waals surface area contributed by atoms with E-state index in [9.17, 15) is 18.9 Å². The van der Waals surface area contributed by atoms with Gasteiger partial charge in [0.05, 0.1) is 11.0 Å². The molecule has 0 aromatic heterocycles. The van der Waals surface area contributed by atoms with Crippen LogP contribution in [-0.4, -0.2) is 4.92 Å². The van der Waals surface area contributed by atoms with E-state index in [1.807, 2.05) is 0 Å². The minimum absolute atomic E-state index is 0.108. The summed E-state index contributed by atoms with van der Waals surface area (Å²) in [5.74, 6) is -0.0569. The minimum atomic E-state index is -1.23. The van der Waals surface area contributed by atoms with E-state index < -0.39 is 22.2 Å². The van der Waals surface area contributed by atoms with Crippen molar-refractivity contribution in [3.63, 3.8) is 0 Å². The number of benzene rings is 1. The Balaban J connectivity index is 3.17. The molecule has 0 fully saturated rings. The number of rotatable bonds is 3. The first-order valence-corrected chi connectivity index (χ1v) is 4.12. The van der Waals surface area contributed by atoms with Crippen molar-refractivity contribution in [1.82, 2.24) is 0 Å². The summed E-state index contributed by atoms with van der Waals surface area (Å²) >= 11 is 0. The van der Waals surface area contributed by atoms with Gasteiger partial charge in [0.25, 0.3) is 5.69 Å². The highest BCUT2D eigenvalue weighted by Crippen LogP contribution is 2.23. The molecule has 0 saturated carbocycles. The third kappa shape index (κ3) is 2.50. The molecule has 0 radical (unpaired) electrons. The van der Waals surface area contributed by atoms with Gasteiger partial charge in [-0.1, -0.05) is 0 Å². The predicted octanol–water partition coefficient (Wildman–Crippen LogP) is 2.44. The number of halogens is 2. The van der Waals surface area contributed by atoms with Gasteiger partial charge in [0.2, 0.25) is 0 Å². The minimum Gasteiger partial charge on any atom is -0.258 e. The number of nitro benzene ring substituents is 1. The van der Waals surface area contributed by atoms with E-state index in [2.05, 4.69) is 5.92 Å². The molecule has 1 rings (SSSR count). The first kappa shape index (κ1) is 11.1. The summed E-state index contributed by atoms with van der Waals surface area (Å²) < 4.78 is 25.5. The SMILES string of the molecule is C#CCCc1cc(F)c(F)cc1[N+](=O)[O-]. The zero-order valence-corrected chi connectivity index (χ0v) is 7.67. The van der Waals surface area contributed by atoms with Crippen LogP contribution in [0.1, 0.15) is 12.0 Å². The predicted molar refractivity (Wildman–Crippen MR) is 50.2 cm³/mol. The van der Waals surface area contributed by atoms with Crippen LogP contribution in [0.2, 0.25) is 0 Å². The van der Waals surface area contributed by atoms with E-state index in [1.54, 1.807) is 0 Å². The molecule has 78 valence electrons. The monoisotopic (exact) mass is 211 g/mol. The first-order valence-electron chi connectivity index (χ1n) is 4.12. The molecule has 0 heterocycles. The summed E-state index contributed by atoms with van der Waals surface area (Å²) in [7, 11) is 0. The van der Waals surface area contributed by atoms with Gasteiger partial charge in [-0.2, -0.15) is 0 Å². The van der Waals surface area contributed by atoms with Crippen molar-refractivity contribution in [3.05, 3.63) is 39.4 Å². The van der Waals surface area contributed by atoms with Crippen LogP contribution < -0.4 is 0 Å². The van der Waals surface area contributed by atoms with Gasteiger partial charge in [-0.25, -0.2) is 8.78 Å². The van der Waals surface area contributed by atoms with Gasteiger partial charge in [0, 0.05) is 12.0 Å². The maximum Gasteiger partial charge on any atom is 0.275 e. The molecule has 1 aromatic rings. The molecule has 0 aliphatic heterocycles. The largest absolute Gasteiger partial charge is 0.275 e. The number of hydrogen-bond acceptors (Lipinski definition) is 2. The molecular weight excluding hydrogens is 204 g/mol. The Morgan fingerprint density at radius 2 is 2.00 bits per heavy atom. The second-order valence-corrected chi connectivity index (χ2v) is 2.86. The molecular formula is C10H7F2NO2. The van der Waals surface area contributed by atoms with Gasteiger partial charge < -0.3 is 0 Å². The fraction of sp³-hybridized carbons (Fsp3) is 0.200. The Bertz CT molecular complexity index is 438. The second-order valence-electron chi connectivity index (χ2n) is 2.86. The normalized spacial score (nSPS) is 9.67. The lowest BCUT2D eigenvalue weighted by Gasteiger charge is -2.01. The molecule has 0 aliphatic carbocycles. The Hall–Kier alpha value is -1.96. The molecule has 0 spiro atoms. The Morgan fingerprint density at radius 1 is 1.40 bits per heavy atom. The van der Waals surface area contributed by atoms with E-state index in [1.165, 1.54) is 0 Å². The number of hydrogen-bond donors (Lipinski definition) is 0. The zero-order chi connectivity index (χ0) is 11.4. The summed E-state index contributed by atoms with van der Waals surface area (Å²) in [5.41, 5.74) is -0.332. The van der Waals surface area contributed by atoms with Crippen LogP contribution in [-0.2, 0) is 6.42 Å². The molecule has 1 aromatic carbocycles. The Labute approximate surface area is 84.9 Å². The maximum absolute atomic E-state index is 12.8. The van der Waals surface area contributed by atoms with E-state index in [0.717, 1.165) is 6.07 Å². The second kappa shape index (κ2) is 4.51. The fourth-order valence-electron chi connectivity index (χ4n) is 1.15. The molecule has 0 N–H and O–H groups in total. The van der Waals surface area contributed by atoms with Gasteiger partial charge in [-0.15, -0.1) is 12.3 Å². The summed E-state index contributed by atoms with van der Waals surface area (Å²) in [5, 5.41) is 10.5. The molecule has 0 atom stereocenters. The van der Waals surface area contributed by atoms with E-state index >= 15 is 0 Å². The van der Waals surface area contributed by atoms with Crippen LogP contribution in [0.25, 0.3) is 0 Å². The van der Waals surface area contributed by atoms with Crippen LogP contribution in [0.4, 0.5) is 14.5 Å². The van der Waals surface area contributed by atoms with Gasteiger partial charge in [0.15, 0.2) is 11.6 Å². The van der Waals surface area contributed by atoms with Gasteiger partial charge in [-0.3, -0.25) is 10.1 Å². The molecule has 0 saturated heterocycles. The van der Waals surface area contributed by atoms with Crippen molar-refractivity contribution in [2.45, 2.75) is 12.8 Å². The van der Waals surface area contributed by atoms with Crippen molar-refractivity contribution in [3.8, 4) is 12.3 Å². The highest BCUT2D eigenvalue weighted by molar-refractivity contribution is 5.41. The highest BCUT2D eigenvalue weighted by atomic mass is 19.2. The van der Waals surface area contributed by atoms with Crippen molar-refractivity contribution in [2.75, 3.05) is 0 Å². The molecule has 0 bridgehead atoms. The maximum atomic E-state index is 12.8. The number of nitro groups is 1. The molecule has 5 heteroatoms. The topological polar surface area (TPSA) is 43.1 Å². The van der Waals surface area contributed by atoms with Crippen molar-refractivity contribution < 1.29 is 13.7 Å². The Morgan fingerprint density at radius 3 is 2.53 bits per heavy atom. The third-order valence-corrected chi connectivity index (χ3v) is 1.86. The van der Waals surface area contributed by atoms with Gasteiger partial charge in [0.1, 0.15) is 0 Å². The van der Waals surface area contributed by atoms with Crippen molar-refractivity contribution in [1.29, 1.82) is 0 Å². The molecule has 0 unspecified atom stereocenters. The van der Waals surface area contributed by atoms with Crippen LogP contribution in [0.15, 0.2) is 12.1 Å². The van der Waals surface area contributed by atoms with Gasteiger partial charge in [-0.05, 0) is 12.5 Å². The molecule has 3 nitrogen and oxygen atoms in total. The van der Waals surface area contributed by atoms with Gasteiger partial charge >= 0.3 is 0 Å². The molecule has 0 aliphatic rings. The summed E-state index contributed by atoms with van der Waals surface area (Å²) in [6.07, 6.45) is 5.38. The summed E-state index contributed by atoms with van der Waals surface area (Å²) in [6, 6.07) is 1.38. The first-order chi connectivity index (χ1) is 7.06. The number of aryl methyl sites for hydroxylation is 1. The highest BCUT2D eigenvalue weighted by Gasteiger charge is 2.17.